The highest BCUT2D eigenvalue weighted by Gasteiger charge is 2.08. The molecule has 2 rings (SSSR count). The summed E-state index contributed by atoms with van der Waals surface area (Å²) < 4.78 is 0. The number of rotatable bonds is 8. The smallest absolute Gasteiger partial charge is 0.243 e. The van der Waals surface area contributed by atoms with Crippen LogP contribution in [0, 0.1) is 0 Å². The Bertz CT molecular complexity index is 684. The van der Waals surface area contributed by atoms with E-state index in [1.54, 1.807) is 24.3 Å². The SMILES string of the molecule is O=C(CCCC(=O)c1ccccc1)NCC(=O)Nc1ccccc1. The number of nitrogens with one attached hydrogen (secondary N) is 2. The van der Waals surface area contributed by atoms with Gasteiger partial charge < -0.3 is 10.6 Å². The molecular weight excluding hydrogens is 304 g/mol. The molecule has 0 spiro atoms. The van der Waals surface area contributed by atoms with E-state index in [9.17, 15) is 14.4 Å². The maximum absolute atomic E-state index is 11.9. The van der Waals surface area contributed by atoms with Gasteiger partial charge in [0.05, 0.1) is 6.54 Å². The van der Waals surface area contributed by atoms with E-state index in [-0.39, 0.29) is 30.6 Å². The third kappa shape index (κ3) is 6.04. The summed E-state index contributed by atoms with van der Waals surface area (Å²) in [6.45, 7) is -0.0830. The average Bonchev–Trinajstić information content (AvgIpc) is 2.61. The number of hydrogen-bond donors (Lipinski definition) is 2. The average molecular weight is 324 g/mol. The molecule has 0 aliphatic carbocycles. The summed E-state index contributed by atoms with van der Waals surface area (Å²) >= 11 is 0. The number of carbonyl (C=O) groups is 3. The van der Waals surface area contributed by atoms with Crippen LogP contribution in [0.15, 0.2) is 60.7 Å². The molecule has 0 heterocycles. The second-order valence-electron chi connectivity index (χ2n) is 5.33. The third-order valence-corrected chi connectivity index (χ3v) is 3.41. The van der Waals surface area contributed by atoms with Gasteiger partial charge in [-0.1, -0.05) is 48.5 Å². The van der Waals surface area contributed by atoms with Crippen molar-refractivity contribution in [1.82, 2.24) is 5.32 Å². The first kappa shape index (κ1) is 17.4. The minimum Gasteiger partial charge on any atom is -0.347 e. The number of carbonyl (C=O) groups excluding carboxylic acids is 3. The van der Waals surface area contributed by atoms with Gasteiger partial charge in [-0.25, -0.2) is 0 Å². The third-order valence-electron chi connectivity index (χ3n) is 3.41. The van der Waals surface area contributed by atoms with Gasteiger partial charge in [-0.3, -0.25) is 14.4 Å². The van der Waals surface area contributed by atoms with Crippen LogP contribution in [0.3, 0.4) is 0 Å². The predicted molar refractivity (Wildman–Crippen MR) is 92.7 cm³/mol. The van der Waals surface area contributed by atoms with Crippen molar-refractivity contribution in [2.24, 2.45) is 0 Å². The molecule has 2 amide bonds. The van der Waals surface area contributed by atoms with E-state index in [2.05, 4.69) is 10.6 Å². The summed E-state index contributed by atoms with van der Waals surface area (Å²) in [5.41, 5.74) is 1.34. The Morgan fingerprint density at radius 1 is 0.750 bits per heavy atom. The molecule has 0 unspecified atom stereocenters. The van der Waals surface area contributed by atoms with Crippen LogP contribution in [0.4, 0.5) is 5.69 Å². The summed E-state index contributed by atoms with van der Waals surface area (Å²) in [6.07, 6.45) is 0.991. The fourth-order valence-electron chi connectivity index (χ4n) is 2.17. The van der Waals surface area contributed by atoms with Gasteiger partial charge in [0, 0.05) is 24.1 Å². The van der Waals surface area contributed by atoms with Crippen molar-refractivity contribution < 1.29 is 14.4 Å². The van der Waals surface area contributed by atoms with Crippen LogP contribution in [0.25, 0.3) is 0 Å². The number of amides is 2. The van der Waals surface area contributed by atoms with E-state index in [4.69, 9.17) is 0 Å². The molecule has 2 N–H and O–H groups in total. The van der Waals surface area contributed by atoms with Gasteiger partial charge >= 0.3 is 0 Å². The molecular formula is C19H20N2O3. The van der Waals surface area contributed by atoms with Gasteiger partial charge in [-0.05, 0) is 18.6 Å². The van der Waals surface area contributed by atoms with Gasteiger partial charge in [0.25, 0.3) is 0 Å². The highest BCUT2D eigenvalue weighted by molar-refractivity contribution is 5.96. The van der Waals surface area contributed by atoms with E-state index in [1.165, 1.54) is 0 Å². The molecule has 2 aromatic carbocycles. The Morgan fingerprint density at radius 2 is 1.38 bits per heavy atom. The van der Waals surface area contributed by atoms with Crippen LogP contribution in [-0.2, 0) is 9.59 Å². The molecule has 5 heteroatoms. The molecule has 0 atom stereocenters. The lowest BCUT2D eigenvalue weighted by Crippen LogP contribution is -2.32. The van der Waals surface area contributed by atoms with Gasteiger partial charge in [0.1, 0.15) is 0 Å². The topological polar surface area (TPSA) is 75.3 Å². The fraction of sp³-hybridized carbons (Fsp3) is 0.211. The molecule has 5 nitrogen and oxygen atoms in total. The number of ketones is 1. The van der Waals surface area contributed by atoms with Gasteiger partial charge in [0.2, 0.25) is 11.8 Å². The van der Waals surface area contributed by atoms with Crippen LogP contribution in [0.1, 0.15) is 29.6 Å². The molecule has 24 heavy (non-hydrogen) atoms. The van der Waals surface area contributed by atoms with Crippen molar-refractivity contribution in [3.8, 4) is 0 Å². The Labute approximate surface area is 141 Å². The Balaban J connectivity index is 1.63. The Hall–Kier alpha value is -2.95. The highest BCUT2D eigenvalue weighted by Crippen LogP contribution is 2.07. The molecule has 124 valence electrons. The van der Waals surface area contributed by atoms with Gasteiger partial charge in [-0.2, -0.15) is 0 Å². The van der Waals surface area contributed by atoms with Crippen molar-refractivity contribution in [3.63, 3.8) is 0 Å². The quantitative estimate of drug-likeness (QED) is 0.733. The largest absolute Gasteiger partial charge is 0.347 e. The minimum absolute atomic E-state index is 0.0187. The Morgan fingerprint density at radius 3 is 2.04 bits per heavy atom. The zero-order valence-electron chi connectivity index (χ0n) is 13.3. The summed E-state index contributed by atoms with van der Waals surface area (Å²) in [4.78, 5) is 35.3. The summed E-state index contributed by atoms with van der Waals surface area (Å²) in [7, 11) is 0. The van der Waals surface area contributed by atoms with Crippen LogP contribution in [0.5, 0.6) is 0 Å². The van der Waals surface area contributed by atoms with Crippen molar-refractivity contribution in [3.05, 3.63) is 66.2 Å². The first-order chi connectivity index (χ1) is 11.6. The summed E-state index contributed by atoms with van der Waals surface area (Å²) in [5.74, 6) is -0.501. The monoisotopic (exact) mass is 324 g/mol. The van der Waals surface area contributed by atoms with Crippen molar-refractivity contribution in [2.45, 2.75) is 19.3 Å². The molecule has 0 saturated carbocycles. The second kappa shape index (κ2) is 9.25. The van der Waals surface area contributed by atoms with Crippen molar-refractivity contribution >= 4 is 23.3 Å². The number of benzene rings is 2. The lowest BCUT2D eigenvalue weighted by Gasteiger charge is -2.07. The van der Waals surface area contributed by atoms with Crippen LogP contribution in [-0.4, -0.2) is 24.1 Å². The highest BCUT2D eigenvalue weighted by atomic mass is 16.2. The number of para-hydroxylation sites is 1. The Kier molecular flexibility index (Phi) is 6.71. The van der Waals surface area contributed by atoms with E-state index in [1.807, 2.05) is 36.4 Å². The van der Waals surface area contributed by atoms with E-state index in [0.717, 1.165) is 0 Å². The first-order valence-corrected chi connectivity index (χ1v) is 7.85. The second-order valence-corrected chi connectivity index (χ2v) is 5.33. The van der Waals surface area contributed by atoms with Gasteiger partial charge in [0.15, 0.2) is 5.78 Å². The maximum atomic E-state index is 11.9. The summed E-state index contributed by atoms with van der Waals surface area (Å²) in [6, 6.07) is 18.0. The van der Waals surface area contributed by atoms with E-state index in [0.29, 0.717) is 24.1 Å². The number of hydrogen-bond acceptors (Lipinski definition) is 3. The molecule has 2 aromatic rings. The minimum atomic E-state index is -0.282. The fourth-order valence-corrected chi connectivity index (χ4v) is 2.17. The molecule has 0 aliphatic heterocycles. The molecule has 0 aliphatic rings. The predicted octanol–water partition coefficient (Wildman–Crippen LogP) is 2.79. The summed E-state index contributed by atoms with van der Waals surface area (Å²) in [5, 5.41) is 5.24. The zero-order valence-corrected chi connectivity index (χ0v) is 13.3. The van der Waals surface area contributed by atoms with E-state index >= 15 is 0 Å². The van der Waals surface area contributed by atoms with Crippen molar-refractivity contribution in [1.29, 1.82) is 0 Å². The molecule has 0 aromatic heterocycles. The maximum Gasteiger partial charge on any atom is 0.243 e. The molecule has 0 bridgehead atoms. The number of Topliss-reactive ketones (excluding diaryl/α,β-unsaturated/α-hetero) is 1. The van der Waals surface area contributed by atoms with Crippen LogP contribution < -0.4 is 10.6 Å². The molecule has 0 fully saturated rings. The lowest BCUT2D eigenvalue weighted by atomic mass is 10.1. The lowest BCUT2D eigenvalue weighted by molar-refractivity contribution is -0.124. The van der Waals surface area contributed by atoms with Crippen LogP contribution in [0.2, 0.25) is 0 Å². The molecule has 0 radical (unpaired) electrons. The van der Waals surface area contributed by atoms with Gasteiger partial charge in [-0.15, -0.1) is 0 Å². The standard InChI is InChI=1S/C19H20N2O3/c22-17(15-8-3-1-4-9-15)12-7-13-18(23)20-14-19(24)21-16-10-5-2-6-11-16/h1-6,8-11H,7,12-14H2,(H,20,23)(H,21,24). The number of anilines is 1. The van der Waals surface area contributed by atoms with Crippen molar-refractivity contribution in [2.75, 3.05) is 11.9 Å². The van der Waals surface area contributed by atoms with Crippen LogP contribution >= 0.6 is 0 Å². The van der Waals surface area contributed by atoms with E-state index < -0.39 is 0 Å². The first-order valence-electron chi connectivity index (χ1n) is 7.85. The zero-order chi connectivity index (χ0) is 17.2. The molecule has 0 saturated heterocycles. The normalized spacial score (nSPS) is 10.0.